The van der Waals surface area contributed by atoms with Gasteiger partial charge in [0, 0.05) is 18.8 Å². The number of anilines is 1. The summed E-state index contributed by atoms with van der Waals surface area (Å²) < 4.78 is 5.22. The zero-order chi connectivity index (χ0) is 16.2. The highest BCUT2D eigenvalue weighted by Gasteiger charge is 2.16. The molecule has 1 aliphatic rings. The van der Waals surface area contributed by atoms with Crippen LogP contribution >= 0.6 is 24.8 Å². The lowest BCUT2D eigenvalue weighted by Gasteiger charge is -2.20. The Morgan fingerprint density at radius 2 is 2.00 bits per heavy atom. The van der Waals surface area contributed by atoms with E-state index in [4.69, 9.17) is 10.2 Å². The summed E-state index contributed by atoms with van der Waals surface area (Å²) in [5.74, 6) is 0.464. The van der Waals surface area contributed by atoms with E-state index in [-0.39, 0.29) is 36.8 Å². The first-order valence-electron chi connectivity index (χ1n) is 8.10. The molecule has 1 aromatic heterocycles. The third-order valence-electron chi connectivity index (χ3n) is 4.31. The van der Waals surface area contributed by atoms with E-state index in [1.807, 2.05) is 13.0 Å². The molecule has 5 nitrogen and oxygen atoms in total. The van der Waals surface area contributed by atoms with Crippen molar-refractivity contribution in [2.75, 3.05) is 18.0 Å². The highest BCUT2D eigenvalue weighted by Crippen LogP contribution is 2.24. The van der Waals surface area contributed by atoms with Crippen LogP contribution in [0.25, 0.3) is 0 Å². The summed E-state index contributed by atoms with van der Waals surface area (Å²) in [6, 6.07) is 10.0. The number of hydrogen-bond acceptors (Lipinski definition) is 4. The predicted molar refractivity (Wildman–Crippen MR) is 105 cm³/mol. The summed E-state index contributed by atoms with van der Waals surface area (Å²) in [4.78, 5) is 14.7. The van der Waals surface area contributed by atoms with Gasteiger partial charge in [0.1, 0.15) is 12.0 Å². The van der Waals surface area contributed by atoms with Crippen LogP contribution in [0.4, 0.5) is 5.69 Å². The van der Waals surface area contributed by atoms with Gasteiger partial charge in [-0.25, -0.2) is 0 Å². The molecule has 1 atom stereocenters. The van der Waals surface area contributed by atoms with Crippen LogP contribution in [0.3, 0.4) is 0 Å². The van der Waals surface area contributed by atoms with Crippen molar-refractivity contribution in [1.82, 2.24) is 5.32 Å². The lowest BCUT2D eigenvalue weighted by molar-refractivity contribution is 0.0939. The number of benzene rings is 1. The third-order valence-corrected chi connectivity index (χ3v) is 4.31. The topological polar surface area (TPSA) is 71.5 Å². The normalized spacial score (nSPS) is 14.4. The molecule has 3 rings (SSSR count). The number of carbonyl (C=O) groups excluding carboxylic acids is 1. The standard InChI is InChI=1S/C18H23N3O2.2ClH/c1-13(20-18(22)15-10-17(11-19)23-12-15)14-5-4-6-16(9-14)21-7-2-3-8-21;;/h4-6,9-10,12-13H,2-3,7-8,11,19H2,1H3,(H,20,22);2*1H. The Morgan fingerprint density at radius 1 is 1.28 bits per heavy atom. The summed E-state index contributed by atoms with van der Waals surface area (Å²) in [6.45, 7) is 4.51. The van der Waals surface area contributed by atoms with Gasteiger partial charge in [-0.15, -0.1) is 24.8 Å². The minimum atomic E-state index is -0.146. The van der Waals surface area contributed by atoms with E-state index in [1.165, 1.54) is 24.8 Å². The highest BCUT2D eigenvalue weighted by atomic mass is 35.5. The minimum Gasteiger partial charge on any atom is -0.467 e. The van der Waals surface area contributed by atoms with Crippen LogP contribution in [0.5, 0.6) is 0 Å². The molecule has 0 saturated carbocycles. The first-order valence-corrected chi connectivity index (χ1v) is 8.10. The van der Waals surface area contributed by atoms with E-state index in [2.05, 4.69) is 28.4 Å². The number of amides is 1. The highest BCUT2D eigenvalue weighted by molar-refractivity contribution is 5.94. The van der Waals surface area contributed by atoms with Gasteiger partial charge in [0.15, 0.2) is 0 Å². The Kier molecular flexibility index (Phi) is 8.29. The van der Waals surface area contributed by atoms with Crippen molar-refractivity contribution in [2.45, 2.75) is 32.4 Å². The molecule has 0 spiro atoms. The molecule has 0 bridgehead atoms. The van der Waals surface area contributed by atoms with Crippen molar-refractivity contribution in [3.05, 3.63) is 53.5 Å². The maximum absolute atomic E-state index is 12.3. The molecule has 1 amide bonds. The summed E-state index contributed by atoms with van der Waals surface area (Å²) in [7, 11) is 0. The van der Waals surface area contributed by atoms with Gasteiger partial charge in [0.2, 0.25) is 0 Å². The van der Waals surface area contributed by atoms with E-state index in [1.54, 1.807) is 6.07 Å². The average molecular weight is 386 g/mol. The largest absolute Gasteiger partial charge is 0.467 e. The Hall–Kier alpha value is -1.69. The molecule has 7 heteroatoms. The molecule has 3 N–H and O–H groups in total. The first-order chi connectivity index (χ1) is 11.2. The first kappa shape index (κ1) is 21.4. The SMILES string of the molecule is CC(NC(=O)c1coc(CN)c1)c1cccc(N2CCCC2)c1.Cl.Cl. The number of hydrogen-bond donors (Lipinski definition) is 2. The van der Waals surface area contributed by atoms with Crippen LogP contribution in [-0.2, 0) is 6.54 Å². The van der Waals surface area contributed by atoms with Crippen LogP contribution in [0.2, 0.25) is 0 Å². The van der Waals surface area contributed by atoms with Crippen LogP contribution in [0.15, 0.2) is 41.0 Å². The van der Waals surface area contributed by atoms with Gasteiger partial charge in [0.05, 0.1) is 18.2 Å². The number of nitrogens with zero attached hydrogens (tertiary/aromatic N) is 1. The van der Waals surface area contributed by atoms with Crippen LogP contribution in [0.1, 0.15) is 47.5 Å². The second-order valence-electron chi connectivity index (χ2n) is 5.99. The van der Waals surface area contributed by atoms with Gasteiger partial charge in [-0.2, -0.15) is 0 Å². The van der Waals surface area contributed by atoms with E-state index < -0.39 is 0 Å². The zero-order valence-electron chi connectivity index (χ0n) is 14.2. The van der Waals surface area contributed by atoms with Crippen LogP contribution < -0.4 is 16.0 Å². The van der Waals surface area contributed by atoms with Gasteiger partial charge in [-0.3, -0.25) is 4.79 Å². The van der Waals surface area contributed by atoms with Crippen molar-refractivity contribution in [1.29, 1.82) is 0 Å². The van der Waals surface area contributed by atoms with Crippen molar-refractivity contribution >= 4 is 36.4 Å². The molecule has 138 valence electrons. The minimum absolute atomic E-state index is 0. The molecule has 2 heterocycles. The molecule has 25 heavy (non-hydrogen) atoms. The van der Waals surface area contributed by atoms with Gasteiger partial charge >= 0.3 is 0 Å². The van der Waals surface area contributed by atoms with E-state index in [0.717, 1.165) is 18.7 Å². The molecular formula is C18H25Cl2N3O2. The fraction of sp³-hybridized carbons (Fsp3) is 0.389. The van der Waals surface area contributed by atoms with Gasteiger partial charge in [-0.1, -0.05) is 12.1 Å². The van der Waals surface area contributed by atoms with Gasteiger partial charge < -0.3 is 20.4 Å². The number of furan rings is 1. The molecule has 1 unspecified atom stereocenters. The van der Waals surface area contributed by atoms with Crippen molar-refractivity contribution in [2.24, 2.45) is 5.73 Å². The Bertz CT molecular complexity index is 684. The molecular weight excluding hydrogens is 361 g/mol. The fourth-order valence-electron chi connectivity index (χ4n) is 2.94. The van der Waals surface area contributed by atoms with E-state index >= 15 is 0 Å². The van der Waals surface area contributed by atoms with E-state index in [9.17, 15) is 4.79 Å². The summed E-state index contributed by atoms with van der Waals surface area (Å²) in [6.07, 6.45) is 3.95. The summed E-state index contributed by atoms with van der Waals surface area (Å²) in [5.41, 5.74) is 8.34. The lowest BCUT2D eigenvalue weighted by atomic mass is 10.1. The quantitative estimate of drug-likeness (QED) is 0.823. The molecule has 2 aromatic rings. The summed E-state index contributed by atoms with van der Waals surface area (Å²) >= 11 is 0. The van der Waals surface area contributed by atoms with Crippen molar-refractivity contribution < 1.29 is 9.21 Å². The van der Waals surface area contributed by atoms with Crippen LogP contribution in [-0.4, -0.2) is 19.0 Å². The lowest BCUT2D eigenvalue weighted by Crippen LogP contribution is -2.26. The van der Waals surface area contributed by atoms with E-state index in [0.29, 0.717) is 17.9 Å². The summed E-state index contributed by atoms with van der Waals surface area (Å²) in [5, 5.41) is 3.01. The maximum atomic E-state index is 12.3. The molecule has 1 aromatic carbocycles. The van der Waals surface area contributed by atoms with Crippen molar-refractivity contribution in [3.63, 3.8) is 0 Å². The molecule has 0 radical (unpaired) electrons. The monoisotopic (exact) mass is 385 g/mol. The van der Waals surface area contributed by atoms with Gasteiger partial charge in [-0.05, 0) is 43.5 Å². The molecule has 1 fully saturated rings. The Balaban J connectivity index is 0.00000156. The fourth-order valence-corrected chi connectivity index (χ4v) is 2.94. The number of rotatable bonds is 5. The average Bonchev–Trinajstić information content (AvgIpc) is 3.26. The zero-order valence-corrected chi connectivity index (χ0v) is 15.9. The Morgan fingerprint density at radius 3 is 2.64 bits per heavy atom. The second kappa shape index (κ2) is 9.70. The maximum Gasteiger partial charge on any atom is 0.255 e. The number of nitrogens with one attached hydrogen (secondary N) is 1. The predicted octanol–water partition coefficient (Wildman–Crippen LogP) is 3.67. The van der Waals surface area contributed by atoms with Crippen molar-refractivity contribution in [3.8, 4) is 0 Å². The van der Waals surface area contributed by atoms with Crippen LogP contribution in [0, 0.1) is 0 Å². The second-order valence-corrected chi connectivity index (χ2v) is 5.99. The number of halogens is 2. The molecule has 1 saturated heterocycles. The third kappa shape index (κ3) is 5.14. The van der Waals surface area contributed by atoms with Gasteiger partial charge in [0.25, 0.3) is 5.91 Å². The number of nitrogens with two attached hydrogens (primary N) is 1. The Labute approximate surface area is 160 Å². The molecule has 1 aliphatic heterocycles. The molecule has 0 aliphatic carbocycles. The smallest absolute Gasteiger partial charge is 0.255 e. The number of carbonyl (C=O) groups is 1.